The monoisotopic (exact) mass is 450 g/mol. The van der Waals surface area contributed by atoms with E-state index in [1.54, 1.807) is 16.4 Å². The van der Waals surface area contributed by atoms with E-state index in [1.165, 1.54) is 0 Å². The topological polar surface area (TPSA) is 71.0 Å². The molecule has 0 bridgehead atoms. The van der Waals surface area contributed by atoms with Gasteiger partial charge in [-0.2, -0.15) is 9.40 Å². The van der Waals surface area contributed by atoms with Crippen molar-refractivity contribution in [1.82, 2.24) is 19.1 Å². The normalized spacial score (nSPS) is 12.3. The first-order chi connectivity index (χ1) is 15.4. The van der Waals surface area contributed by atoms with E-state index < -0.39 is 10.0 Å². The third kappa shape index (κ3) is 4.64. The summed E-state index contributed by atoms with van der Waals surface area (Å²) in [5.41, 5.74) is 4.03. The molecule has 0 amide bonds. The molecular weight excluding hydrogens is 420 g/mol. The molecule has 7 heteroatoms. The molecule has 0 aliphatic carbocycles. The van der Waals surface area contributed by atoms with Crippen molar-refractivity contribution in [2.24, 2.45) is 0 Å². The van der Waals surface area contributed by atoms with Crippen molar-refractivity contribution >= 4 is 20.9 Å². The summed E-state index contributed by atoms with van der Waals surface area (Å²) >= 11 is 0. The summed E-state index contributed by atoms with van der Waals surface area (Å²) in [5.74, 6) is 0.350. The number of rotatable bonds is 9. The Hall–Kier alpha value is -2.90. The standard InChI is InChI=1S/C25H30N4O2S/c1-4-28-15-14-22(27-28)18-29(16-13-21-17-26-25-8-6-5-7-24(21)25)32(30,31)23-11-9-20(10-12-23)19(2)3/h5-12,14-15,17,19,26H,4,13,16,18H2,1-3H3. The number of nitrogens with zero attached hydrogens (tertiary/aromatic N) is 3. The molecule has 6 nitrogen and oxygen atoms in total. The number of para-hydroxylation sites is 1. The number of benzene rings is 2. The van der Waals surface area contributed by atoms with Gasteiger partial charge >= 0.3 is 0 Å². The Balaban J connectivity index is 1.62. The van der Waals surface area contributed by atoms with E-state index in [2.05, 4.69) is 30.0 Å². The van der Waals surface area contributed by atoms with Crippen LogP contribution in [0.1, 0.15) is 43.5 Å². The summed E-state index contributed by atoms with van der Waals surface area (Å²) in [4.78, 5) is 3.59. The van der Waals surface area contributed by atoms with Crippen LogP contribution in [0, 0.1) is 0 Å². The number of aryl methyl sites for hydroxylation is 1. The van der Waals surface area contributed by atoms with E-state index in [4.69, 9.17) is 0 Å². The highest BCUT2D eigenvalue weighted by Gasteiger charge is 2.26. The number of hydrogen-bond donors (Lipinski definition) is 1. The van der Waals surface area contributed by atoms with Gasteiger partial charge in [-0.05, 0) is 54.7 Å². The summed E-state index contributed by atoms with van der Waals surface area (Å²) in [7, 11) is -3.67. The molecule has 1 N–H and O–H groups in total. The fraction of sp³-hybridized carbons (Fsp3) is 0.320. The smallest absolute Gasteiger partial charge is 0.243 e. The summed E-state index contributed by atoms with van der Waals surface area (Å²) in [5, 5.41) is 5.64. The van der Waals surface area contributed by atoms with Gasteiger partial charge in [0.25, 0.3) is 0 Å². The Morgan fingerprint density at radius 3 is 2.50 bits per heavy atom. The van der Waals surface area contributed by atoms with Gasteiger partial charge in [-0.25, -0.2) is 8.42 Å². The molecule has 32 heavy (non-hydrogen) atoms. The lowest BCUT2D eigenvalue weighted by Gasteiger charge is -2.22. The number of nitrogens with one attached hydrogen (secondary N) is 1. The highest BCUT2D eigenvalue weighted by atomic mass is 32.2. The van der Waals surface area contributed by atoms with Crippen molar-refractivity contribution < 1.29 is 8.42 Å². The lowest BCUT2D eigenvalue weighted by Crippen LogP contribution is -2.32. The van der Waals surface area contributed by atoms with Crippen LogP contribution in [0.2, 0.25) is 0 Å². The van der Waals surface area contributed by atoms with Gasteiger partial charge in [-0.1, -0.05) is 44.2 Å². The first-order valence-corrected chi connectivity index (χ1v) is 12.5. The number of aromatic nitrogens is 3. The number of H-pyrrole nitrogens is 1. The average molecular weight is 451 g/mol. The Labute approximate surface area is 189 Å². The van der Waals surface area contributed by atoms with Crippen LogP contribution in [0.4, 0.5) is 0 Å². The van der Waals surface area contributed by atoms with Crippen molar-refractivity contribution in [1.29, 1.82) is 0 Å². The van der Waals surface area contributed by atoms with Crippen LogP contribution >= 0.6 is 0 Å². The molecule has 0 spiro atoms. The Kier molecular flexibility index (Phi) is 6.48. The molecule has 0 radical (unpaired) electrons. The van der Waals surface area contributed by atoms with Gasteiger partial charge in [0.1, 0.15) is 0 Å². The predicted octanol–water partition coefficient (Wildman–Crippen LogP) is 4.94. The molecule has 0 saturated carbocycles. The average Bonchev–Trinajstić information content (AvgIpc) is 3.43. The number of hydrogen-bond acceptors (Lipinski definition) is 3. The second-order valence-corrected chi connectivity index (χ2v) is 10.3. The predicted molar refractivity (Wildman–Crippen MR) is 128 cm³/mol. The highest BCUT2D eigenvalue weighted by molar-refractivity contribution is 7.89. The van der Waals surface area contributed by atoms with Crippen LogP contribution in [0.3, 0.4) is 0 Å². The zero-order valence-electron chi connectivity index (χ0n) is 18.8. The minimum atomic E-state index is -3.67. The minimum absolute atomic E-state index is 0.240. The number of sulfonamides is 1. The van der Waals surface area contributed by atoms with Crippen molar-refractivity contribution in [3.05, 3.63) is 83.8 Å². The first kappa shape index (κ1) is 22.3. The van der Waals surface area contributed by atoms with E-state index >= 15 is 0 Å². The van der Waals surface area contributed by atoms with E-state index in [9.17, 15) is 8.42 Å². The van der Waals surface area contributed by atoms with Crippen molar-refractivity contribution in [3.63, 3.8) is 0 Å². The van der Waals surface area contributed by atoms with Gasteiger partial charge < -0.3 is 4.98 Å². The lowest BCUT2D eigenvalue weighted by molar-refractivity contribution is 0.403. The molecule has 168 valence electrons. The Bertz CT molecular complexity index is 1290. The summed E-state index contributed by atoms with van der Waals surface area (Å²) in [6.45, 7) is 7.57. The van der Waals surface area contributed by atoms with E-state index in [-0.39, 0.29) is 6.54 Å². The van der Waals surface area contributed by atoms with E-state index in [0.29, 0.717) is 23.8 Å². The minimum Gasteiger partial charge on any atom is -0.361 e. The van der Waals surface area contributed by atoms with E-state index in [1.807, 2.05) is 60.4 Å². The third-order valence-corrected chi connectivity index (χ3v) is 7.71. The van der Waals surface area contributed by atoms with Crippen molar-refractivity contribution in [2.75, 3.05) is 6.54 Å². The second-order valence-electron chi connectivity index (χ2n) is 8.33. The molecule has 4 rings (SSSR count). The summed E-state index contributed by atoms with van der Waals surface area (Å²) < 4.78 is 30.6. The zero-order valence-corrected chi connectivity index (χ0v) is 19.6. The van der Waals surface area contributed by atoms with Gasteiger partial charge in [0.15, 0.2) is 0 Å². The fourth-order valence-corrected chi connectivity index (χ4v) is 5.30. The highest BCUT2D eigenvalue weighted by Crippen LogP contribution is 2.24. The van der Waals surface area contributed by atoms with Crippen molar-refractivity contribution in [3.8, 4) is 0 Å². The van der Waals surface area contributed by atoms with Crippen LogP contribution in [0.5, 0.6) is 0 Å². The van der Waals surface area contributed by atoms with Crippen LogP contribution < -0.4 is 0 Å². The maximum absolute atomic E-state index is 13.6. The SMILES string of the molecule is CCn1ccc(CN(CCc2c[nH]c3ccccc23)S(=O)(=O)c2ccc(C(C)C)cc2)n1. The van der Waals surface area contributed by atoms with Gasteiger partial charge in [0.05, 0.1) is 17.1 Å². The maximum Gasteiger partial charge on any atom is 0.243 e. The molecule has 0 atom stereocenters. The Morgan fingerprint density at radius 1 is 1.06 bits per heavy atom. The van der Waals surface area contributed by atoms with Gasteiger partial charge in [-0.15, -0.1) is 0 Å². The largest absolute Gasteiger partial charge is 0.361 e. The molecule has 0 fully saturated rings. The molecule has 2 heterocycles. The molecule has 2 aromatic heterocycles. The van der Waals surface area contributed by atoms with Gasteiger partial charge in [0.2, 0.25) is 10.0 Å². The van der Waals surface area contributed by atoms with Crippen LogP contribution in [0.15, 0.2) is 71.9 Å². The maximum atomic E-state index is 13.6. The summed E-state index contributed by atoms with van der Waals surface area (Å²) in [6.07, 6.45) is 4.47. The molecule has 0 unspecified atom stereocenters. The molecule has 2 aromatic carbocycles. The van der Waals surface area contributed by atoms with Gasteiger partial charge in [-0.3, -0.25) is 4.68 Å². The summed E-state index contributed by atoms with van der Waals surface area (Å²) in [6, 6.07) is 17.2. The quantitative estimate of drug-likeness (QED) is 0.393. The van der Waals surface area contributed by atoms with E-state index in [0.717, 1.165) is 34.3 Å². The van der Waals surface area contributed by atoms with Crippen LogP contribution in [-0.4, -0.2) is 34.0 Å². The first-order valence-electron chi connectivity index (χ1n) is 11.1. The fourth-order valence-electron chi connectivity index (χ4n) is 3.89. The van der Waals surface area contributed by atoms with Crippen LogP contribution in [0.25, 0.3) is 10.9 Å². The third-order valence-electron chi connectivity index (χ3n) is 5.85. The molecule has 0 saturated heterocycles. The van der Waals surface area contributed by atoms with Gasteiger partial charge in [0, 0.05) is 36.4 Å². The second kappa shape index (κ2) is 9.30. The van der Waals surface area contributed by atoms with Crippen LogP contribution in [-0.2, 0) is 29.5 Å². The Morgan fingerprint density at radius 2 is 1.81 bits per heavy atom. The molecule has 4 aromatic rings. The number of aromatic amines is 1. The molecule has 0 aliphatic rings. The van der Waals surface area contributed by atoms with Crippen molar-refractivity contribution in [2.45, 2.75) is 51.1 Å². The molecule has 0 aliphatic heterocycles. The molecular formula is C25H30N4O2S. The number of fused-ring (bicyclic) bond motifs is 1. The zero-order chi connectivity index (χ0) is 22.7. The lowest BCUT2D eigenvalue weighted by atomic mass is 10.0.